The molecule has 1 heterocycles. The molecule has 1 saturated heterocycles. The van der Waals surface area contributed by atoms with Gasteiger partial charge in [-0.05, 0) is 31.7 Å². The maximum Gasteiger partial charge on any atom is 0.310 e. The zero-order chi connectivity index (χ0) is 14.0. The second kappa shape index (κ2) is 6.12. The summed E-state index contributed by atoms with van der Waals surface area (Å²) in [6.07, 6.45) is 0. The van der Waals surface area contributed by atoms with E-state index < -0.39 is 0 Å². The van der Waals surface area contributed by atoms with E-state index in [4.69, 9.17) is 27.9 Å². The van der Waals surface area contributed by atoms with Crippen molar-refractivity contribution in [2.75, 3.05) is 26.7 Å². The number of rotatable bonds is 3. The highest BCUT2D eigenvalue weighted by Gasteiger charge is 2.38. The van der Waals surface area contributed by atoms with E-state index in [2.05, 4.69) is 4.90 Å². The molecule has 1 aliphatic heterocycles. The van der Waals surface area contributed by atoms with Crippen LogP contribution in [0.3, 0.4) is 0 Å². The molecule has 1 aromatic rings. The number of carbonyl (C=O) groups is 1. The van der Waals surface area contributed by atoms with Crippen molar-refractivity contribution in [1.29, 1.82) is 0 Å². The average Bonchev–Trinajstić information content (AvgIpc) is 2.75. The first kappa shape index (κ1) is 14.6. The minimum Gasteiger partial charge on any atom is -0.466 e. The molecule has 2 unspecified atom stereocenters. The summed E-state index contributed by atoms with van der Waals surface area (Å²) in [6, 6.07) is 5.56. The number of nitrogens with zero attached hydrogens (tertiary/aromatic N) is 1. The number of ether oxygens (including phenoxy) is 1. The molecule has 1 aromatic carbocycles. The molecule has 0 radical (unpaired) electrons. The van der Waals surface area contributed by atoms with Crippen LogP contribution in [-0.2, 0) is 9.53 Å². The van der Waals surface area contributed by atoms with E-state index in [0.717, 1.165) is 12.1 Å². The normalized spacial score (nSPS) is 23.6. The van der Waals surface area contributed by atoms with Crippen LogP contribution in [-0.4, -0.2) is 37.6 Å². The molecule has 1 aliphatic rings. The Morgan fingerprint density at radius 2 is 2.11 bits per heavy atom. The lowest BCUT2D eigenvalue weighted by molar-refractivity contribution is -0.147. The second-order valence-electron chi connectivity index (χ2n) is 4.86. The molecule has 0 bridgehead atoms. The molecule has 1 fully saturated rings. The molecule has 0 aliphatic carbocycles. The summed E-state index contributed by atoms with van der Waals surface area (Å²) in [5, 5.41) is 1.06. The topological polar surface area (TPSA) is 29.5 Å². The highest BCUT2D eigenvalue weighted by molar-refractivity contribution is 6.42. The summed E-state index contributed by atoms with van der Waals surface area (Å²) in [4.78, 5) is 14.2. The molecule has 5 heteroatoms. The number of likely N-dealkylation sites (tertiary alicyclic amines) is 1. The molecule has 2 atom stereocenters. The Balaban J connectivity index is 2.25. The quantitative estimate of drug-likeness (QED) is 0.803. The first-order valence-corrected chi connectivity index (χ1v) is 7.08. The molecule has 0 N–H and O–H groups in total. The highest BCUT2D eigenvalue weighted by atomic mass is 35.5. The van der Waals surface area contributed by atoms with Gasteiger partial charge in [-0.3, -0.25) is 4.79 Å². The zero-order valence-corrected chi connectivity index (χ0v) is 12.5. The van der Waals surface area contributed by atoms with Gasteiger partial charge in [0.2, 0.25) is 0 Å². The first-order chi connectivity index (χ1) is 9.02. The molecule has 0 saturated carbocycles. The third-order valence-electron chi connectivity index (χ3n) is 3.46. The van der Waals surface area contributed by atoms with Crippen molar-refractivity contribution in [2.24, 2.45) is 5.92 Å². The van der Waals surface area contributed by atoms with Crippen LogP contribution in [0.25, 0.3) is 0 Å². The van der Waals surface area contributed by atoms with Gasteiger partial charge in [-0.1, -0.05) is 29.3 Å². The molecule has 3 nitrogen and oxygen atoms in total. The average molecular weight is 302 g/mol. The summed E-state index contributed by atoms with van der Waals surface area (Å²) in [5.74, 6) is -0.163. The monoisotopic (exact) mass is 301 g/mol. The number of hydrogen-bond donors (Lipinski definition) is 0. The van der Waals surface area contributed by atoms with Crippen LogP contribution in [0.2, 0.25) is 10.0 Å². The van der Waals surface area contributed by atoms with Gasteiger partial charge in [0, 0.05) is 19.0 Å². The Labute approximate surface area is 123 Å². The third-order valence-corrected chi connectivity index (χ3v) is 4.20. The molecule has 0 amide bonds. The van der Waals surface area contributed by atoms with Gasteiger partial charge in [-0.25, -0.2) is 0 Å². The SMILES string of the molecule is CCOC(=O)C1CN(C)CC1c1ccc(Cl)c(Cl)c1. The summed E-state index contributed by atoms with van der Waals surface area (Å²) in [7, 11) is 2.00. The number of benzene rings is 1. The van der Waals surface area contributed by atoms with Gasteiger partial charge in [0.15, 0.2) is 0 Å². The Bertz CT molecular complexity index is 479. The number of carbonyl (C=O) groups excluding carboxylic acids is 1. The molecule has 2 rings (SSSR count). The Morgan fingerprint density at radius 1 is 1.37 bits per heavy atom. The number of halogens is 2. The van der Waals surface area contributed by atoms with Gasteiger partial charge in [-0.2, -0.15) is 0 Å². The lowest BCUT2D eigenvalue weighted by Gasteiger charge is -2.17. The van der Waals surface area contributed by atoms with Crippen LogP contribution in [0.1, 0.15) is 18.4 Å². The largest absolute Gasteiger partial charge is 0.466 e. The molecule has 104 valence electrons. The van der Waals surface area contributed by atoms with Gasteiger partial charge >= 0.3 is 5.97 Å². The zero-order valence-electron chi connectivity index (χ0n) is 11.0. The summed E-state index contributed by atoms with van der Waals surface area (Å²) >= 11 is 12.0. The van der Waals surface area contributed by atoms with E-state index in [1.165, 1.54) is 0 Å². The Hall–Kier alpha value is -0.770. The first-order valence-electron chi connectivity index (χ1n) is 6.33. The summed E-state index contributed by atoms with van der Waals surface area (Å²) < 4.78 is 5.16. The second-order valence-corrected chi connectivity index (χ2v) is 5.67. The van der Waals surface area contributed by atoms with Crippen molar-refractivity contribution < 1.29 is 9.53 Å². The summed E-state index contributed by atoms with van der Waals surface area (Å²) in [5.41, 5.74) is 1.04. The molecule has 19 heavy (non-hydrogen) atoms. The van der Waals surface area contributed by atoms with E-state index in [1.807, 2.05) is 26.1 Å². The van der Waals surface area contributed by atoms with E-state index in [9.17, 15) is 4.79 Å². The van der Waals surface area contributed by atoms with Crippen LogP contribution in [0.5, 0.6) is 0 Å². The van der Waals surface area contributed by atoms with E-state index in [0.29, 0.717) is 23.2 Å². The van der Waals surface area contributed by atoms with E-state index >= 15 is 0 Å². The van der Waals surface area contributed by atoms with Gasteiger partial charge in [0.1, 0.15) is 0 Å². The van der Waals surface area contributed by atoms with Crippen LogP contribution in [0, 0.1) is 5.92 Å². The highest BCUT2D eigenvalue weighted by Crippen LogP contribution is 2.35. The fraction of sp³-hybridized carbons (Fsp3) is 0.500. The molecule has 0 spiro atoms. The van der Waals surface area contributed by atoms with Crippen LogP contribution in [0.15, 0.2) is 18.2 Å². The van der Waals surface area contributed by atoms with Gasteiger partial charge in [0.25, 0.3) is 0 Å². The van der Waals surface area contributed by atoms with Crippen molar-refractivity contribution in [3.8, 4) is 0 Å². The Kier molecular flexibility index (Phi) is 4.71. The van der Waals surface area contributed by atoms with Crippen molar-refractivity contribution in [1.82, 2.24) is 4.90 Å². The summed E-state index contributed by atoms with van der Waals surface area (Å²) in [6.45, 7) is 3.77. The number of hydrogen-bond acceptors (Lipinski definition) is 3. The lowest BCUT2D eigenvalue weighted by atomic mass is 9.89. The van der Waals surface area contributed by atoms with Gasteiger partial charge in [-0.15, -0.1) is 0 Å². The molecule has 0 aromatic heterocycles. The molecular weight excluding hydrogens is 285 g/mol. The van der Waals surface area contributed by atoms with Crippen LogP contribution >= 0.6 is 23.2 Å². The van der Waals surface area contributed by atoms with Crippen molar-refractivity contribution in [3.63, 3.8) is 0 Å². The maximum absolute atomic E-state index is 12.0. The van der Waals surface area contributed by atoms with Crippen LogP contribution in [0.4, 0.5) is 0 Å². The molecular formula is C14H17Cl2NO2. The van der Waals surface area contributed by atoms with Gasteiger partial charge in [0.05, 0.1) is 22.6 Å². The van der Waals surface area contributed by atoms with E-state index in [-0.39, 0.29) is 17.8 Å². The van der Waals surface area contributed by atoms with Gasteiger partial charge < -0.3 is 9.64 Å². The lowest BCUT2D eigenvalue weighted by Crippen LogP contribution is -2.24. The minimum atomic E-state index is -0.137. The van der Waals surface area contributed by atoms with Crippen molar-refractivity contribution in [2.45, 2.75) is 12.8 Å². The third kappa shape index (κ3) is 3.22. The Morgan fingerprint density at radius 3 is 2.74 bits per heavy atom. The predicted molar refractivity (Wildman–Crippen MR) is 76.8 cm³/mol. The number of likely N-dealkylation sites (N-methyl/N-ethyl adjacent to an activating group) is 1. The smallest absolute Gasteiger partial charge is 0.310 e. The standard InChI is InChI=1S/C14H17Cl2NO2/c1-3-19-14(18)11-8-17(2)7-10(11)9-4-5-12(15)13(16)6-9/h4-6,10-11H,3,7-8H2,1-2H3. The predicted octanol–water partition coefficient (Wildman–Crippen LogP) is 3.20. The maximum atomic E-state index is 12.0. The fourth-order valence-electron chi connectivity index (χ4n) is 2.57. The van der Waals surface area contributed by atoms with E-state index in [1.54, 1.807) is 6.07 Å². The number of esters is 1. The van der Waals surface area contributed by atoms with Crippen molar-refractivity contribution in [3.05, 3.63) is 33.8 Å². The van der Waals surface area contributed by atoms with Crippen molar-refractivity contribution >= 4 is 29.2 Å². The fourth-order valence-corrected chi connectivity index (χ4v) is 2.88. The minimum absolute atomic E-state index is 0.110. The van der Waals surface area contributed by atoms with Crippen LogP contribution < -0.4 is 0 Å².